The van der Waals surface area contributed by atoms with Crippen molar-refractivity contribution in [2.75, 3.05) is 19.6 Å². The van der Waals surface area contributed by atoms with E-state index >= 15 is 0 Å². The maximum atomic E-state index is 5.99. The van der Waals surface area contributed by atoms with Gasteiger partial charge < -0.3 is 10.6 Å². The van der Waals surface area contributed by atoms with Crippen molar-refractivity contribution in [2.24, 2.45) is 11.7 Å². The summed E-state index contributed by atoms with van der Waals surface area (Å²) in [5, 5.41) is 0. The highest BCUT2D eigenvalue weighted by Gasteiger charge is 2.18. The molecule has 2 aliphatic rings. The molecule has 1 aliphatic heterocycles. The van der Waals surface area contributed by atoms with E-state index in [1.807, 2.05) is 0 Å². The van der Waals surface area contributed by atoms with Gasteiger partial charge in [0, 0.05) is 12.6 Å². The van der Waals surface area contributed by atoms with Crippen molar-refractivity contribution in [3.63, 3.8) is 0 Å². The smallest absolute Gasteiger partial charge is 0.0168 e. The third kappa shape index (κ3) is 3.76. The van der Waals surface area contributed by atoms with E-state index in [1.165, 1.54) is 64.5 Å². The van der Waals surface area contributed by atoms with Crippen LogP contribution in [0.25, 0.3) is 0 Å². The summed E-state index contributed by atoms with van der Waals surface area (Å²) in [5.74, 6) is 1.02. The zero-order valence-electron chi connectivity index (χ0n) is 9.96. The van der Waals surface area contributed by atoms with Crippen molar-refractivity contribution in [1.29, 1.82) is 0 Å². The molecule has 1 saturated carbocycles. The zero-order valence-corrected chi connectivity index (χ0v) is 9.96. The maximum absolute atomic E-state index is 5.99. The van der Waals surface area contributed by atoms with E-state index in [0.717, 1.165) is 12.5 Å². The van der Waals surface area contributed by atoms with Gasteiger partial charge in [-0.1, -0.05) is 32.1 Å². The van der Waals surface area contributed by atoms with Crippen molar-refractivity contribution >= 4 is 0 Å². The molecule has 15 heavy (non-hydrogen) atoms. The average molecular weight is 210 g/mol. The van der Waals surface area contributed by atoms with Gasteiger partial charge in [-0.3, -0.25) is 0 Å². The van der Waals surface area contributed by atoms with Crippen LogP contribution in [0.4, 0.5) is 0 Å². The molecular weight excluding hydrogens is 184 g/mol. The number of piperidine rings is 1. The summed E-state index contributed by atoms with van der Waals surface area (Å²) in [6, 6.07) is 0.449. The molecule has 1 aliphatic carbocycles. The van der Waals surface area contributed by atoms with Gasteiger partial charge in [-0.05, 0) is 38.3 Å². The van der Waals surface area contributed by atoms with E-state index in [0.29, 0.717) is 6.04 Å². The number of nitrogens with zero attached hydrogens (tertiary/aromatic N) is 1. The minimum Gasteiger partial charge on any atom is -0.327 e. The van der Waals surface area contributed by atoms with E-state index in [9.17, 15) is 0 Å². The van der Waals surface area contributed by atoms with Crippen molar-refractivity contribution in [3.8, 4) is 0 Å². The highest BCUT2D eigenvalue weighted by atomic mass is 15.1. The third-order valence-electron chi connectivity index (χ3n) is 4.12. The van der Waals surface area contributed by atoms with Crippen molar-refractivity contribution in [2.45, 2.75) is 57.4 Å². The second-order valence-corrected chi connectivity index (χ2v) is 5.50. The SMILES string of the molecule is N[C@@H]1CCCN(CCC2CCCCC2)C1. The fourth-order valence-corrected chi connectivity index (χ4v) is 3.14. The molecule has 88 valence electrons. The largest absolute Gasteiger partial charge is 0.327 e. The van der Waals surface area contributed by atoms with E-state index < -0.39 is 0 Å². The summed E-state index contributed by atoms with van der Waals surface area (Å²) in [6.07, 6.45) is 11.4. The fraction of sp³-hybridized carbons (Fsp3) is 1.00. The first-order valence-corrected chi connectivity index (χ1v) is 6.82. The van der Waals surface area contributed by atoms with Crippen molar-refractivity contribution in [1.82, 2.24) is 4.90 Å². The molecule has 1 atom stereocenters. The van der Waals surface area contributed by atoms with Crippen LogP contribution < -0.4 is 5.73 Å². The maximum Gasteiger partial charge on any atom is 0.0168 e. The summed E-state index contributed by atoms with van der Waals surface area (Å²) in [5.41, 5.74) is 5.99. The monoisotopic (exact) mass is 210 g/mol. The van der Waals surface area contributed by atoms with Crippen molar-refractivity contribution < 1.29 is 0 Å². The Morgan fingerprint density at radius 2 is 1.80 bits per heavy atom. The van der Waals surface area contributed by atoms with Gasteiger partial charge in [0.25, 0.3) is 0 Å². The molecule has 2 fully saturated rings. The van der Waals surface area contributed by atoms with Gasteiger partial charge in [0.05, 0.1) is 0 Å². The molecule has 2 nitrogen and oxygen atoms in total. The van der Waals surface area contributed by atoms with Crippen LogP contribution in [0.1, 0.15) is 51.4 Å². The summed E-state index contributed by atoms with van der Waals surface area (Å²) >= 11 is 0. The Kier molecular flexibility index (Phi) is 4.45. The molecule has 2 rings (SSSR count). The quantitative estimate of drug-likeness (QED) is 0.775. The lowest BCUT2D eigenvalue weighted by Gasteiger charge is -2.32. The van der Waals surface area contributed by atoms with E-state index in [-0.39, 0.29) is 0 Å². The number of nitrogens with two attached hydrogens (primary N) is 1. The number of hydrogen-bond acceptors (Lipinski definition) is 2. The van der Waals surface area contributed by atoms with Crippen molar-refractivity contribution in [3.05, 3.63) is 0 Å². The summed E-state index contributed by atoms with van der Waals surface area (Å²) in [4.78, 5) is 2.59. The lowest BCUT2D eigenvalue weighted by Crippen LogP contribution is -2.43. The summed E-state index contributed by atoms with van der Waals surface area (Å²) in [7, 11) is 0. The minimum atomic E-state index is 0.449. The Balaban J connectivity index is 1.63. The predicted molar refractivity (Wildman–Crippen MR) is 64.8 cm³/mol. The van der Waals surface area contributed by atoms with E-state index in [4.69, 9.17) is 5.73 Å². The molecule has 1 heterocycles. The fourth-order valence-electron chi connectivity index (χ4n) is 3.14. The Labute approximate surface area is 94.2 Å². The number of likely N-dealkylation sites (tertiary alicyclic amines) is 1. The molecule has 0 unspecified atom stereocenters. The average Bonchev–Trinajstić information content (AvgIpc) is 2.28. The normalized spacial score (nSPS) is 30.6. The molecule has 0 spiro atoms. The first-order chi connectivity index (χ1) is 7.34. The Morgan fingerprint density at radius 3 is 2.53 bits per heavy atom. The van der Waals surface area contributed by atoms with Gasteiger partial charge in [-0.2, -0.15) is 0 Å². The Hall–Kier alpha value is -0.0800. The van der Waals surface area contributed by atoms with Crippen LogP contribution >= 0.6 is 0 Å². The molecule has 0 aromatic heterocycles. The first-order valence-electron chi connectivity index (χ1n) is 6.82. The van der Waals surface area contributed by atoms with Crippen LogP contribution in [0.15, 0.2) is 0 Å². The minimum absolute atomic E-state index is 0.449. The first kappa shape index (κ1) is 11.4. The second-order valence-electron chi connectivity index (χ2n) is 5.50. The molecule has 2 heteroatoms. The molecule has 0 amide bonds. The Morgan fingerprint density at radius 1 is 1.00 bits per heavy atom. The topological polar surface area (TPSA) is 29.3 Å². The highest BCUT2D eigenvalue weighted by molar-refractivity contribution is 4.76. The zero-order chi connectivity index (χ0) is 10.5. The van der Waals surface area contributed by atoms with E-state index in [2.05, 4.69) is 4.90 Å². The predicted octanol–water partition coefficient (Wildman–Crippen LogP) is 2.38. The molecule has 0 aromatic carbocycles. The highest BCUT2D eigenvalue weighted by Crippen LogP contribution is 2.26. The van der Waals surface area contributed by atoms with Gasteiger partial charge in [0.1, 0.15) is 0 Å². The Bertz CT molecular complexity index is 175. The molecule has 0 aromatic rings. The summed E-state index contributed by atoms with van der Waals surface area (Å²) in [6.45, 7) is 3.74. The van der Waals surface area contributed by atoms with Gasteiger partial charge in [-0.15, -0.1) is 0 Å². The van der Waals surface area contributed by atoms with Gasteiger partial charge >= 0.3 is 0 Å². The molecular formula is C13H26N2. The van der Waals surface area contributed by atoms with Crippen LogP contribution in [-0.4, -0.2) is 30.6 Å². The number of hydrogen-bond donors (Lipinski definition) is 1. The third-order valence-corrected chi connectivity index (χ3v) is 4.12. The van der Waals surface area contributed by atoms with Gasteiger partial charge in [0.2, 0.25) is 0 Å². The van der Waals surface area contributed by atoms with Crippen LogP contribution in [0.3, 0.4) is 0 Å². The lowest BCUT2D eigenvalue weighted by molar-refractivity contribution is 0.186. The molecule has 2 N–H and O–H groups in total. The lowest BCUT2D eigenvalue weighted by atomic mass is 9.87. The van der Waals surface area contributed by atoms with Crippen LogP contribution in [-0.2, 0) is 0 Å². The molecule has 0 radical (unpaired) electrons. The van der Waals surface area contributed by atoms with Crippen LogP contribution in [0, 0.1) is 5.92 Å². The molecule has 0 bridgehead atoms. The van der Waals surface area contributed by atoms with Gasteiger partial charge in [0.15, 0.2) is 0 Å². The standard InChI is InChI=1S/C13H26N2/c14-13-7-4-9-15(11-13)10-8-12-5-2-1-3-6-12/h12-13H,1-11,14H2/t13-/m1/s1. The van der Waals surface area contributed by atoms with Crippen LogP contribution in [0.5, 0.6) is 0 Å². The van der Waals surface area contributed by atoms with Gasteiger partial charge in [-0.25, -0.2) is 0 Å². The van der Waals surface area contributed by atoms with E-state index in [1.54, 1.807) is 0 Å². The molecule has 1 saturated heterocycles. The van der Waals surface area contributed by atoms with Crippen LogP contribution in [0.2, 0.25) is 0 Å². The number of rotatable bonds is 3. The second kappa shape index (κ2) is 5.86. The summed E-state index contributed by atoms with van der Waals surface area (Å²) < 4.78 is 0.